The van der Waals surface area contributed by atoms with Gasteiger partial charge in [0.15, 0.2) is 0 Å². The minimum Gasteiger partial charge on any atom is -0.480 e. The van der Waals surface area contributed by atoms with Crippen molar-refractivity contribution < 1.29 is 18.3 Å². The van der Waals surface area contributed by atoms with E-state index in [-0.39, 0.29) is 4.21 Å². The van der Waals surface area contributed by atoms with Crippen molar-refractivity contribution in [3.63, 3.8) is 0 Å². The van der Waals surface area contributed by atoms with Gasteiger partial charge in [-0.25, -0.2) is 8.42 Å². The first kappa shape index (κ1) is 14.8. The monoisotopic (exact) mass is 331 g/mol. The zero-order chi connectivity index (χ0) is 14.8. The second kappa shape index (κ2) is 5.82. The first-order valence-electron chi connectivity index (χ1n) is 5.46. The van der Waals surface area contributed by atoms with Gasteiger partial charge >= 0.3 is 5.97 Å². The number of carbonyl (C=O) groups is 1. The van der Waals surface area contributed by atoms with Crippen LogP contribution in [0.25, 0.3) is 0 Å². The minimum atomic E-state index is -3.94. The average molecular weight is 332 g/mol. The molecule has 1 N–H and O–H groups in total. The molecule has 0 aliphatic rings. The van der Waals surface area contributed by atoms with Gasteiger partial charge in [-0.1, -0.05) is 29.8 Å². The molecular formula is C12H10ClNO4S2. The highest BCUT2D eigenvalue weighted by Gasteiger charge is 2.28. The number of anilines is 1. The summed E-state index contributed by atoms with van der Waals surface area (Å²) in [6.07, 6.45) is 0. The summed E-state index contributed by atoms with van der Waals surface area (Å²) in [5.41, 5.74) is 0.291. The van der Waals surface area contributed by atoms with Crippen molar-refractivity contribution in [1.29, 1.82) is 0 Å². The molecule has 0 fully saturated rings. The molecule has 106 valence electrons. The third-order valence-electron chi connectivity index (χ3n) is 2.42. The van der Waals surface area contributed by atoms with Gasteiger partial charge in [-0.15, -0.1) is 11.3 Å². The molecule has 0 atom stereocenters. The fourth-order valence-electron chi connectivity index (χ4n) is 1.58. The van der Waals surface area contributed by atoms with Crippen LogP contribution in [0.4, 0.5) is 5.69 Å². The van der Waals surface area contributed by atoms with Crippen LogP contribution in [0, 0.1) is 0 Å². The van der Waals surface area contributed by atoms with E-state index in [4.69, 9.17) is 16.7 Å². The van der Waals surface area contributed by atoms with Crippen molar-refractivity contribution >= 4 is 44.6 Å². The number of nitrogens with zero attached hydrogens (tertiary/aromatic N) is 1. The van der Waals surface area contributed by atoms with Crippen LogP contribution < -0.4 is 4.31 Å². The molecule has 0 bridgehead atoms. The van der Waals surface area contributed by atoms with E-state index in [0.29, 0.717) is 10.0 Å². The van der Waals surface area contributed by atoms with E-state index >= 15 is 0 Å². The maximum absolute atomic E-state index is 12.5. The summed E-state index contributed by atoms with van der Waals surface area (Å²) in [7, 11) is -3.94. The molecule has 2 aromatic rings. The molecule has 0 saturated heterocycles. The number of thiophene rings is 1. The molecule has 1 aromatic carbocycles. The molecule has 1 heterocycles. The molecular weight excluding hydrogens is 322 g/mol. The zero-order valence-electron chi connectivity index (χ0n) is 10.1. The van der Waals surface area contributed by atoms with Crippen molar-refractivity contribution in [2.45, 2.75) is 4.21 Å². The summed E-state index contributed by atoms with van der Waals surface area (Å²) < 4.78 is 26.2. The third kappa shape index (κ3) is 3.12. The number of hydrogen-bond donors (Lipinski definition) is 1. The van der Waals surface area contributed by atoms with Crippen LogP contribution in [0.5, 0.6) is 0 Å². The number of carboxylic acid groups (broad SMARTS) is 1. The van der Waals surface area contributed by atoms with Crippen LogP contribution in [-0.4, -0.2) is 26.0 Å². The topological polar surface area (TPSA) is 74.7 Å². The Balaban J connectivity index is 2.49. The Morgan fingerprint density at radius 1 is 1.20 bits per heavy atom. The van der Waals surface area contributed by atoms with E-state index < -0.39 is 22.5 Å². The second-order valence-corrected chi connectivity index (χ2v) is 7.60. The fraction of sp³-hybridized carbons (Fsp3) is 0.0833. The van der Waals surface area contributed by atoms with Crippen LogP contribution in [0.15, 0.2) is 46.7 Å². The highest BCUT2D eigenvalue weighted by molar-refractivity contribution is 7.94. The summed E-state index contributed by atoms with van der Waals surface area (Å²) in [5.74, 6) is -1.24. The molecule has 8 heteroatoms. The van der Waals surface area contributed by atoms with Gasteiger partial charge < -0.3 is 5.11 Å². The molecule has 20 heavy (non-hydrogen) atoms. The first-order valence-corrected chi connectivity index (χ1v) is 8.09. The van der Waals surface area contributed by atoms with E-state index in [2.05, 4.69) is 0 Å². The predicted molar refractivity (Wildman–Crippen MR) is 77.9 cm³/mol. The molecule has 0 spiro atoms. The summed E-state index contributed by atoms with van der Waals surface area (Å²) in [6.45, 7) is -0.651. The van der Waals surface area contributed by atoms with Crippen LogP contribution >= 0.6 is 22.9 Å². The van der Waals surface area contributed by atoms with E-state index in [0.717, 1.165) is 15.6 Å². The van der Waals surface area contributed by atoms with E-state index in [9.17, 15) is 13.2 Å². The summed E-state index contributed by atoms with van der Waals surface area (Å²) in [5, 5.41) is 8.93. The quantitative estimate of drug-likeness (QED) is 0.914. The van der Waals surface area contributed by atoms with Gasteiger partial charge in [0.2, 0.25) is 0 Å². The molecule has 1 aromatic heterocycles. The van der Waals surface area contributed by atoms with Gasteiger partial charge in [-0.05, 0) is 24.3 Å². The standard InChI is InChI=1S/C12H10ClNO4S2/c13-10-6-7-12(19-10)20(17,18)14(8-11(15)16)9-4-2-1-3-5-9/h1-7H,8H2,(H,15,16). The van der Waals surface area contributed by atoms with E-state index in [1.54, 1.807) is 18.2 Å². The van der Waals surface area contributed by atoms with Gasteiger partial charge in [0.25, 0.3) is 10.0 Å². The van der Waals surface area contributed by atoms with Crippen LogP contribution in [-0.2, 0) is 14.8 Å². The predicted octanol–water partition coefficient (Wildman–Crippen LogP) is 2.68. The highest BCUT2D eigenvalue weighted by atomic mass is 35.5. The number of carboxylic acids is 1. The lowest BCUT2D eigenvalue weighted by Crippen LogP contribution is -2.35. The smallest absolute Gasteiger partial charge is 0.324 e. The van der Waals surface area contributed by atoms with Crippen molar-refractivity contribution in [2.75, 3.05) is 10.8 Å². The lowest BCUT2D eigenvalue weighted by atomic mass is 10.3. The molecule has 0 amide bonds. The summed E-state index contributed by atoms with van der Waals surface area (Å²) >= 11 is 6.63. The Kier molecular flexibility index (Phi) is 4.32. The van der Waals surface area contributed by atoms with Gasteiger partial charge in [0.1, 0.15) is 10.8 Å². The summed E-state index contributed by atoms with van der Waals surface area (Å²) in [6, 6.07) is 10.9. The Bertz CT molecular complexity index is 712. The minimum absolute atomic E-state index is 0.00704. The third-order valence-corrected chi connectivity index (χ3v) is 5.89. The number of halogens is 1. The SMILES string of the molecule is O=C(O)CN(c1ccccc1)S(=O)(=O)c1ccc(Cl)s1. The Morgan fingerprint density at radius 3 is 2.35 bits per heavy atom. The maximum Gasteiger partial charge on any atom is 0.324 e. The van der Waals surface area contributed by atoms with Gasteiger partial charge in [-0.2, -0.15) is 0 Å². The second-order valence-electron chi connectivity index (χ2n) is 3.80. The molecule has 0 saturated carbocycles. The fourth-order valence-corrected chi connectivity index (χ4v) is 4.59. The molecule has 0 aliphatic carbocycles. The van der Waals surface area contributed by atoms with E-state index in [1.165, 1.54) is 24.3 Å². The average Bonchev–Trinajstić information content (AvgIpc) is 2.84. The van der Waals surface area contributed by atoms with Crippen LogP contribution in [0.3, 0.4) is 0 Å². The van der Waals surface area contributed by atoms with Gasteiger partial charge in [0.05, 0.1) is 10.0 Å². The zero-order valence-corrected chi connectivity index (χ0v) is 12.5. The Hall–Kier alpha value is -1.57. The first-order chi connectivity index (χ1) is 9.41. The van der Waals surface area contributed by atoms with Crippen molar-refractivity contribution in [1.82, 2.24) is 0 Å². The lowest BCUT2D eigenvalue weighted by molar-refractivity contribution is -0.135. The molecule has 5 nitrogen and oxygen atoms in total. The number of rotatable bonds is 5. The molecule has 2 rings (SSSR count). The molecule has 0 aliphatic heterocycles. The summed E-state index contributed by atoms with van der Waals surface area (Å²) in [4.78, 5) is 10.9. The van der Waals surface area contributed by atoms with Crippen molar-refractivity contribution in [3.05, 3.63) is 46.8 Å². The number of benzene rings is 1. The van der Waals surface area contributed by atoms with Gasteiger partial charge in [-0.3, -0.25) is 9.10 Å². The number of sulfonamides is 1. The highest BCUT2D eigenvalue weighted by Crippen LogP contribution is 2.30. The van der Waals surface area contributed by atoms with Crippen LogP contribution in [0.1, 0.15) is 0 Å². The molecule has 0 radical (unpaired) electrons. The van der Waals surface area contributed by atoms with Crippen molar-refractivity contribution in [3.8, 4) is 0 Å². The lowest BCUT2D eigenvalue weighted by Gasteiger charge is -2.21. The number of hydrogen-bond acceptors (Lipinski definition) is 4. The Labute approximate surface area is 125 Å². The van der Waals surface area contributed by atoms with Crippen LogP contribution in [0.2, 0.25) is 4.34 Å². The largest absolute Gasteiger partial charge is 0.480 e. The van der Waals surface area contributed by atoms with E-state index in [1.807, 2.05) is 0 Å². The normalized spacial score (nSPS) is 11.2. The number of aliphatic carboxylic acids is 1. The number of para-hydroxylation sites is 1. The maximum atomic E-state index is 12.5. The molecule has 0 unspecified atom stereocenters. The van der Waals surface area contributed by atoms with Gasteiger partial charge in [0, 0.05) is 0 Å². The van der Waals surface area contributed by atoms with Crippen molar-refractivity contribution in [2.24, 2.45) is 0 Å². The Morgan fingerprint density at radius 2 is 1.85 bits per heavy atom.